The van der Waals surface area contributed by atoms with Crippen molar-refractivity contribution >= 4 is 29.4 Å². The SMILES string of the molecule is CCO[Si](CCCNC1CC(=O)N(CCC[Si](OCC)(OCC)OCC)C1=O)(OCC)OCC. The van der Waals surface area contributed by atoms with Crippen molar-refractivity contribution in [3.8, 4) is 0 Å². The van der Waals surface area contributed by atoms with E-state index in [0.29, 0.717) is 71.2 Å². The number of rotatable bonds is 21. The van der Waals surface area contributed by atoms with E-state index in [0.717, 1.165) is 6.42 Å². The Balaban J connectivity index is 2.56. The fourth-order valence-corrected chi connectivity index (χ4v) is 9.32. The first-order valence-electron chi connectivity index (χ1n) is 12.8. The van der Waals surface area contributed by atoms with Crippen molar-refractivity contribution < 1.29 is 36.1 Å². The van der Waals surface area contributed by atoms with Crippen LogP contribution in [0.15, 0.2) is 0 Å². The van der Waals surface area contributed by atoms with Crippen LogP contribution in [-0.4, -0.2) is 93.1 Å². The number of imide groups is 1. The maximum atomic E-state index is 12.8. The first kappa shape index (κ1) is 31.3. The highest BCUT2D eigenvalue weighted by Crippen LogP contribution is 2.21. The van der Waals surface area contributed by atoms with Gasteiger partial charge in [-0.1, -0.05) is 0 Å². The molecular formula is C22H46N2O8Si2. The van der Waals surface area contributed by atoms with Crippen LogP contribution in [0.2, 0.25) is 12.1 Å². The maximum absolute atomic E-state index is 12.8. The van der Waals surface area contributed by atoms with Gasteiger partial charge in [0.25, 0.3) is 0 Å². The minimum Gasteiger partial charge on any atom is -0.374 e. The molecule has 0 saturated carbocycles. The molecule has 1 aliphatic rings. The molecule has 1 atom stereocenters. The lowest BCUT2D eigenvalue weighted by Gasteiger charge is -2.29. The van der Waals surface area contributed by atoms with E-state index in [1.807, 2.05) is 41.5 Å². The summed E-state index contributed by atoms with van der Waals surface area (Å²) in [6.07, 6.45) is 1.49. The van der Waals surface area contributed by atoms with Crippen LogP contribution in [0.1, 0.15) is 60.8 Å². The van der Waals surface area contributed by atoms with Gasteiger partial charge in [0.05, 0.1) is 12.5 Å². The van der Waals surface area contributed by atoms with E-state index in [9.17, 15) is 9.59 Å². The van der Waals surface area contributed by atoms with Gasteiger partial charge >= 0.3 is 17.6 Å². The minimum absolute atomic E-state index is 0.152. The van der Waals surface area contributed by atoms with Crippen molar-refractivity contribution in [3.63, 3.8) is 0 Å². The minimum atomic E-state index is -2.79. The third-order valence-corrected chi connectivity index (χ3v) is 11.6. The first-order chi connectivity index (χ1) is 16.4. The van der Waals surface area contributed by atoms with Crippen LogP contribution in [0, 0.1) is 0 Å². The first-order valence-corrected chi connectivity index (χ1v) is 16.6. The van der Waals surface area contributed by atoms with Gasteiger partial charge in [-0.05, 0) is 60.9 Å². The van der Waals surface area contributed by atoms with Crippen molar-refractivity contribution in [2.24, 2.45) is 0 Å². The van der Waals surface area contributed by atoms with Crippen LogP contribution >= 0.6 is 0 Å². The zero-order chi connectivity index (χ0) is 25.5. The van der Waals surface area contributed by atoms with E-state index in [1.165, 1.54) is 4.90 Å². The van der Waals surface area contributed by atoms with Crippen LogP contribution in [0.25, 0.3) is 0 Å². The number of nitrogens with one attached hydrogen (secondary N) is 1. The number of nitrogens with zero attached hydrogens (tertiary/aromatic N) is 1. The highest BCUT2D eigenvalue weighted by atomic mass is 28.4. The molecule has 0 bridgehead atoms. The van der Waals surface area contributed by atoms with Crippen molar-refractivity contribution in [2.75, 3.05) is 52.7 Å². The molecule has 0 aromatic rings. The third-order valence-electron chi connectivity index (χ3n) is 5.34. The topological polar surface area (TPSA) is 105 Å². The van der Waals surface area contributed by atoms with Gasteiger partial charge in [0.2, 0.25) is 11.8 Å². The predicted molar refractivity (Wildman–Crippen MR) is 133 cm³/mol. The molecule has 1 aliphatic heterocycles. The van der Waals surface area contributed by atoms with Gasteiger partial charge in [-0.15, -0.1) is 0 Å². The second-order valence-electron chi connectivity index (χ2n) is 7.77. The fourth-order valence-electron chi connectivity index (χ4n) is 4.11. The van der Waals surface area contributed by atoms with Crippen LogP contribution in [0.4, 0.5) is 0 Å². The van der Waals surface area contributed by atoms with Crippen molar-refractivity contribution in [2.45, 2.75) is 78.9 Å². The molecule has 12 heteroatoms. The molecule has 0 aliphatic carbocycles. The molecule has 2 amide bonds. The van der Waals surface area contributed by atoms with E-state index < -0.39 is 23.7 Å². The summed E-state index contributed by atoms with van der Waals surface area (Å²) in [4.78, 5) is 26.7. The van der Waals surface area contributed by atoms with E-state index in [-0.39, 0.29) is 18.2 Å². The quantitative estimate of drug-likeness (QED) is 0.138. The summed E-state index contributed by atoms with van der Waals surface area (Å²) in [5.41, 5.74) is 0. The monoisotopic (exact) mass is 522 g/mol. The van der Waals surface area contributed by atoms with Crippen LogP contribution in [-0.2, 0) is 36.1 Å². The molecule has 0 aromatic carbocycles. The molecular weight excluding hydrogens is 476 g/mol. The molecule has 200 valence electrons. The zero-order valence-corrected chi connectivity index (χ0v) is 24.0. The fraction of sp³-hybridized carbons (Fsp3) is 0.909. The summed E-state index contributed by atoms with van der Waals surface area (Å²) >= 11 is 0. The van der Waals surface area contributed by atoms with Crippen molar-refractivity contribution in [3.05, 3.63) is 0 Å². The predicted octanol–water partition coefficient (Wildman–Crippen LogP) is 2.58. The molecule has 0 aromatic heterocycles. The van der Waals surface area contributed by atoms with E-state index in [1.54, 1.807) is 0 Å². The molecule has 34 heavy (non-hydrogen) atoms. The average Bonchev–Trinajstić information content (AvgIpc) is 3.05. The molecule has 1 heterocycles. The van der Waals surface area contributed by atoms with Crippen molar-refractivity contribution in [1.82, 2.24) is 10.2 Å². The number of likely N-dealkylation sites (tertiary alicyclic amines) is 1. The van der Waals surface area contributed by atoms with Gasteiger partial charge in [0.15, 0.2) is 0 Å². The zero-order valence-electron chi connectivity index (χ0n) is 22.0. The third kappa shape index (κ3) is 9.74. The number of hydrogen-bond acceptors (Lipinski definition) is 9. The van der Waals surface area contributed by atoms with Gasteiger partial charge < -0.3 is 31.9 Å². The molecule has 1 unspecified atom stereocenters. The number of carbonyl (C=O) groups excluding carboxylic acids is 2. The van der Waals surface area contributed by atoms with Gasteiger partial charge in [-0.2, -0.15) is 0 Å². The van der Waals surface area contributed by atoms with Gasteiger partial charge in [0, 0.05) is 58.3 Å². The molecule has 1 saturated heterocycles. The normalized spacial score (nSPS) is 17.2. The van der Waals surface area contributed by atoms with Crippen LogP contribution in [0.5, 0.6) is 0 Å². The number of carbonyl (C=O) groups is 2. The summed E-state index contributed by atoms with van der Waals surface area (Å²) in [6, 6.07) is 0.728. The Hall–Kier alpha value is -0.706. The highest BCUT2D eigenvalue weighted by Gasteiger charge is 2.43. The highest BCUT2D eigenvalue weighted by molar-refractivity contribution is 6.61. The molecule has 0 spiro atoms. The smallest absolute Gasteiger partial charge is 0.374 e. The molecule has 1 rings (SSSR count). The summed E-state index contributed by atoms with van der Waals surface area (Å²) in [6.45, 7) is 15.5. The Kier molecular flexibility index (Phi) is 15.5. The Morgan fingerprint density at radius 2 is 1.15 bits per heavy atom. The van der Waals surface area contributed by atoms with Crippen LogP contribution in [0.3, 0.4) is 0 Å². The Bertz CT molecular complexity index is 565. The molecule has 10 nitrogen and oxygen atoms in total. The lowest BCUT2D eigenvalue weighted by molar-refractivity contribution is -0.138. The Labute approximate surface area is 207 Å². The van der Waals surface area contributed by atoms with E-state index >= 15 is 0 Å². The van der Waals surface area contributed by atoms with Crippen molar-refractivity contribution in [1.29, 1.82) is 0 Å². The van der Waals surface area contributed by atoms with Gasteiger partial charge in [0.1, 0.15) is 0 Å². The largest absolute Gasteiger partial charge is 0.500 e. The van der Waals surface area contributed by atoms with Crippen LogP contribution < -0.4 is 5.32 Å². The van der Waals surface area contributed by atoms with E-state index in [2.05, 4.69) is 5.32 Å². The number of hydrogen-bond donors (Lipinski definition) is 1. The second kappa shape index (κ2) is 16.9. The summed E-state index contributed by atoms with van der Waals surface area (Å²) in [7, 11) is -5.50. The van der Waals surface area contributed by atoms with Gasteiger partial charge in [-0.3, -0.25) is 14.5 Å². The molecule has 1 N–H and O–H groups in total. The summed E-state index contributed by atoms with van der Waals surface area (Å²) in [5.74, 6) is -0.329. The standard InChI is InChI=1S/C22H46N2O8Si2/c1-7-27-33(28-8-2,29-9-3)17-13-15-23-20-19-21(25)24(22(20)26)16-14-18-34(30-10-4,31-11-5)32-12-6/h20,23H,7-19H2,1-6H3. The lowest BCUT2D eigenvalue weighted by Crippen LogP contribution is -2.47. The summed E-state index contributed by atoms with van der Waals surface area (Å²) < 4.78 is 35.2. The molecule has 0 radical (unpaired) electrons. The lowest BCUT2D eigenvalue weighted by atomic mass is 10.2. The van der Waals surface area contributed by atoms with Gasteiger partial charge in [-0.25, -0.2) is 0 Å². The molecule has 1 fully saturated rings. The Morgan fingerprint density at radius 1 is 0.735 bits per heavy atom. The second-order valence-corrected chi connectivity index (χ2v) is 13.2. The number of amides is 2. The maximum Gasteiger partial charge on any atom is 0.500 e. The van der Waals surface area contributed by atoms with E-state index in [4.69, 9.17) is 26.6 Å². The average molecular weight is 523 g/mol. The Morgan fingerprint density at radius 3 is 1.56 bits per heavy atom. The summed E-state index contributed by atoms with van der Waals surface area (Å²) in [5, 5.41) is 3.24.